The Kier molecular flexibility index (Phi) is 4.33. The molecule has 1 fully saturated rings. The Bertz CT molecular complexity index is 242. The fraction of sp³-hybridized carbons (Fsp3) is 0.750. The lowest BCUT2D eigenvalue weighted by Crippen LogP contribution is -2.35. The zero-order valence-corrected chi connectivity index (χ0v) is 9.51. The van der Waals surface area contributed by atoms with E-state index in [1.165, 1.54) is 32.1 Å². The van der Waals surface area contributed by atoms with E-state index in [4.69, 9.17) is 5.11 Å². The summed E-state index contributed by atoms with van der Waals surface area (Å²) >= 11 is 0. The Morgan fingerprint density at radius 1 is 1.40 bits per heavy atom. The van der Waals surface area contributed by atoms with Crippen molar-refractivity contribution in [2.75, 3.05) is 13.1 Å². The molecule has 3 nitrogen and oxygen atoms in total. The number of hydrogen-bond acceptors (Lipinski definition) is 2. The van der Waals surface area contributed by atoms with E-state index >= 15 is 0 Å². The van der Waals surface area contributed by atoms with E-state index in [2.05, 4.69) is 18.8 Å². The smallest absolute Gasteiger partial charge is 0.332 e. The van der Waals surface area contributed by atoms with Gasteiger partial charge in [0.2, 0.25) is 0 Å². The third kappa shape index (κ3) is 4.04. The molecule has 0 saturated heterocycles. The van der Waals surface area contributed by atoms with Gasteiger partial charge in [-0.2, -0.15) is 0 Å². The summed E-state index contributed by atoms with van der Waals surface area (Å²) in [4.78, 5) is 10.5. The second kappa shape index (κ2) is 5.31. The highest BCUT2D eigenvalue weighted by atomic mass is 16.4. The fourth-order valence-corrected chi connectivity index (χ4v) is 2.17. The monoisotopic (exact) mass is 211 g/mol. The van der Waals surface area contributed by atoms with E-state index in [1.807, 2.05) is 0 Å². The highest BCUT2D eigenvalue weighted by Crippen LogP contribution is 2.34. The summed E-state index contributed by atoms with van der Waals surface area (Å²) in [5.41, 5.74) is 0.603. The summed E-state index contributed by atoms with van der Waals surface area (Å²) < 4.78 is 0. The number of carbonyl (C=O) groups is 1. The molecule has 15 heavy (non-hydrogen) atoms. The lowest BCUT2D eigenvalue weighted by atomic mass is 9.76. The Balaban J connectivity index is 2.24. The summed E-state index contributed by atoms with van der Waals surface area (Å²) in [5.74, 6) is -0.906. The lowest BCUT2D eigenvalue weighted by molar-refractivity contribution is -0.132. The van der Waals surface area contributed by atoms with Crippen LogP contribution in [0.1, 0.15) is 39.0 Å². The summed E-state index contributed by atoms with van der Waals surface area (Å²) in [6.45, 7) is 7.07. The number of nitrogens with one attached hydrogen (secondary N) is 1. The van der Waals surface area contributed by atoms with Crippen LogP contribution in [-0.4, -0.2) is 24.2 Å². The molecule has 86 valence electrons. The minimum absolute atomic E-state index is 0.245. The van der Waals surface area contributed by atoms with Crippen molar-refractivity contribution in [1.82, 2.24) is 5.32 Å². The van der Waals surface area contributed by atoms with Gasteiger partial charge in [-0.1, -0.05) is 32.8 Å². The van der Waals surface area contributed by atoms with Crippen molar-refractivity contribution < 1.29 is 9.90 Å². The molecule has 1 saturated carbocycles. The van der Waals surface area contributed by atoms with E-state index in [0.717, 1.165) is 6.54 Å². The number of aliphatic carboxylic acids is 1. The molecule has 3 heteroatoms. The molecular formula is C12H21NO2. The molecule has 0 aromatic rings. The van der Waals surface area contributed by atoms with Crippen LogP contribution in [0.2, 0.25) is 0 Å². The summed E-state index contributed by atoms with van der Waals surface area (Å²) in [5, 5.41) is 11.8. The number of rotatable bonds is 5. The van der Waals surface area contributed by atoms with Crippen LogP contribution >= 0.6 is 0 Å². The molecule has 0 aromatic heterocycles. The molecule has 0 aromatic carbocycles. The molecule has 1 rings (SSSR count). The third-order valence-electron chi connectivity index (χ3n) is 3.25. The first kappa shape index (κ1) is 12.2. The number of carboxylic acid groups (broad SMARTS) is 1. The van der Waals surface area contributed by atoms with E-state index in [9.17, 15) is 4.79 Å². The first-order chi connectivity index (χ1) is 7.03. The third-order valence-corrected chi connectivity index (χ3v) is 3.25. The molecule has 2 N–H and O–H groups in total. The molecule has 0 spiro atoms. The second-order valence-electron chi connectivity index (χ2n) is 4.88. The van der Waals surface area contributed by atoms with Crippen LogP contribution in [0.15, 0.2) is 12.2 Å². The highest BCUT2D eigenvalue weighted by molar-refractivity contribution is 5.86. The van der Waals surface area contributed by atoms with Gasteiger partial charge in [0.15, 0.2) is 0 Å². The minimum Gasteiger partial charge on any atom is -0.478 e. The lowest BCUT2D eigenvalue weighted by Gasteiger charge is -2.33. The first-order valence-corrected chi connectivity index (χ1v) is 5.65. The second-order valence-corrected chi connectivity index (χ2v) is 4.88. The van der Waals surface area contributed by atoms with Gasteiger partial charge < -0.3 is 10.4 Å². The summed E-state index contributed by atoms with van der Waals surface area (Å²) in [6.07, 6.45) is 6.45. The molecule has 0 amide bonds. The zero-order chi connectivity index (χ0) is 11.3. The van der Waals surface area contributed by atoms with E-state index in [0.29, 0.717) is 12.0 Å². The van der Waals surface area contributed by atoms with Crippen LogP contribution in [0.3, 0.4) is 0 Å². The predicted molar refractivity (Wildman–Crippen MR) is 60.8 cm³/mol. The molecule has 1 aliphatic carbocycles. The van der Waals surface area contributed by atoms with Gasteiger partial charge >= 0.3 is 5.97 Å². The van der Waals surface area contributed by atoms with Crippen molar-refractivity contribution in [3.63, 3.8) is 0 Å². The minimum atomic E-state index is -0.906. The van der Waals surface area contributed by atoms with Gasteiger partial charge in [-0.3, -0.25) is 0 Å². The largest absolute Gasteiger partial charge is 0.478 e. The SMILES string of the molecule is C=C(CNCC1(C)CCCCC1)C(=O)O. The van der Waals surface area contributed by atoms with Gasteiger partial charge in [0.25, 0.3) is 0 Å². The highest BCUT2D eigenvalue weighted by Gasteiger charge is 2.26. The maximum atomic E-state index is 10.5. The Labute approximate surface area is 91.6 Å². The first-order valence-electron chi connectivity index (χ1n) is 5.65. The van der Waals surface area contributed by atoms with Gasteiger partial charge in [-0.05, 0) is 18.3 Å². The van der Waals surface area contributed by atoms with E-state index in [-0.39, 0.29) is 5.57 Å². The Morgan fingerprint density at radius 2 is 2.00 bits per heavy atom. The molecule has 0 heterocycles. The van der Waals surface area contributed by atoms with Crippen molar-refractivity contribution in [2.24, 2.45) is 5.41 Å². The van der Waals surface area contributed by atoms with Crippen molar-refractivity contribution in [3.8, 4) is 0 Å². The van der Waals surface area contributed by atoms with Crippen molar-refractivity contribution in [2.45, 2.75) is 39.0 Å². The van der Waals surface area contributed by atoms with Gasteiger partial charge in [0.1, 0.15) is 0 Å². The van der Waals surface area contributed by atoms with Gasteiger partial charge in [-0.15, -0.1) is 0 Å². The molecular weight excluding hydrogens is 190 g/mol. The average molecular weight is 211 g/mol. The van der Waals surface area contributed by atoms with E-state index < -0.39 is 5.97 Å². The standard InChI is InChI=1S/C12H21NO2/c1-10(11(14)15)8-13-9-12(2)6-4-3-5-7-12/h13H,1,3-9H2,2H3,(H,14,15). The van der Waals surface area contributed by atoms with Gasteiger partial charge in [-0.25, -0.2) is 4.79 Å². The van der Waals surface area contributed by atoms with Crippen molar-refractivity contribution in [3.05, 3.63) is 12.2 Å². The summed E-state index contributed by atoms with van der Waals surface area (Å²) in [6, 6.07) is 0. The van der Waals surface area contributed by atoms with E-state index in [1.54, 1.807) is 0 Å². The van der Waals surface area contributed by atoms with Crippen LogP contribution in [-0.2, 0) is 4.79 Å². The van der Waals surface area contributed by atoms with Crippen molar-refractivity contribution in [1.29, 1.82) is 0 Å². The predicted octanol–water partition coefficient (Wildman–Crippen LogP) is 2.19. The zero-order valence-electron chi connectivity index (χ0n) is 9.51. The average Bonchev–Trinajstić information content (AvgIpc) is 2.18. The van der Waals surface area contributed by atoms with Crippen LogP contribution in [0.5, 0.6) is 0 Å². The maximum Gasteiger partial charge on any atom is 0.332 e. The number of hydrogen-bond donors (Lipinski definition) is 2. The van der Waals surface area contributed by atoms with Gasteiger partial charge in [0, 0.05) is 18.7 Å². The van der Waals surface area contributed by atoms with Gasteiger partial charge in [0.05, 0.1) is 0 Å². The maximum absolute atomic E-state index is 10.5. The van der Waals surface area contributed by atoms with Crippen LogP contribution < -0.4 is 5.32 Å². The fourth-order valence-electron chi connectivity index (χ4n) is 2.17. The topological polar surface area (TPSA) is 49.3 Å². The summed E-state index contributed by atoms with van der Waals surface area (Å²) in [7, 11) is 0. The molecule has 0 radical (unpaired) electrons. The molecule has 0 atom stereocenters. The molecule has 1 aliphatic rings. The molecule has 0 unspecified atom stereocenters. The quantitative estimate of drug-likeness (QED) is 0.685. The van der Waals surface area contributed by atoms with Crippen LogP contribution in [0.25, 0.3) is 0 Å². The Hall–Kier alpha value is -0.830. The van der Waals surface area contributed by atoms with Crippen LogP contribution in [0, 0.1) is 5.41 Å². The van der Waals surface area contributed by atoms with Crippen molar-refractivity contribution >= 4 is 5.97 Å². The Morgan fingerprint density at radius 3 is 2.53 bits per heavy atom. The normalized spacial score (nSPS) is 19.8. The molecule has 0 bridgehead atoms. The van der Waals surface area contributed by atoms with Crippen LogP contribution in [0.4, 0.5) is 0 Å². The molecule has 0 aliphatic heterocycles. The number of carboxylic acids is 1.